The van der Waals surface area contributed by atoms with E-state index in [2.05, 4.69) is 6.07 Å². The number of benzene rings is 2. The first kappa shape index (κ1) is 15.4. The monoisotopic (exact) mass is 339 g/mol. The molecule has 23 heavy (non-hydrogen) atoms. The number of rotatable bonds is 3. The number of hydrogen-bond donors (Lipinski definition) is 0. The molecule has 0 unspecified atom stereocenters. The third kappa shape index (κ3) is 3.48. The van der Waals surface area contributed by atoms with Crippen LogP contribution in [0.2, 0.25) is 10.0 Å². The van der Waals surface area contributed by atoms with E-state index in [1.54, 1.807) is 30.3 Å². The zero-order chi connectivity index (χ0) is 16.2. The molecule has 0 radical (unpaired) electrons. The van der Waals surface area contributed by atoms with Gasteiger partial charge in [0.1, 0.15) is 11.5 Å². The second-order valence-corrected chi connectivity index (χ2v) is 5.70. The van der Waals surface area contributed by atoms with Crippen molar-refractivity contribution in [3.63, 3.8) is 0 Å². The zero-order valence-electron chi connectivity index (χ0n) is 12.0. The maximum absolute atomic E-state index is 9.36. The zero-order valence-corrected chi connectivity index (χ0v) is 13.5. The molecule has 3 rings (SSSR count). The summed E-state index contributed by atoms with van der Waals surface area (Å²) in [4.78, 5) is 0. The Morgan fingerprint density at radius 2 is 1.70 bits per heavy atom. The molecule has 112 valence electrons. The van der Waals surface area contributed by atoms with E-state index in [-0.39, 0.29) is 0 Å². The van der Waals surface area contributed by atoms with Crippen LogP contribution in [0.3, 0.4) is 0 Å². The van der Waals surface area contributed by atoms with Gasteiger partial charge in [-0.1, -0.05) is 47.5 Å². The Bertz CT molecular complexity index is 902. The van der Waals surface area contributed by atoms with Crippen LogP contribution in [0.4, 0.5) is 0 Å². The number of nitrogens with zero attached hydrogens (tertiary/aromatic N) is 1. The van der Waals surface area contributed by atoms with E-state index in [1.165, 1.54) is 0 Å². The molecule has 1 heterocycles. The molecule has 0 amide bonds. The van der Waals surface area contributed by atoms with E-state index >= 15 is 0 Å². The Balaban J connectivity index is 1.95. The van der Waals surface area contributed by atoms with E-state index in [4.69, 9.17) is 27.6 Å². The second kappa shape index (κ2) is 6.75. The average molecular weight is 340 g/mol. The SMILES string of the molecule is N#C/C(=C/c1ccc(-c2ccccc2Cl)o1)c1ccc(Cl)cc1. The van der Waals surface area contributed by atoms with Gasteiger partial charge in [-0.05, 0) is 48.0 Å². The second-order valence-electron chi connectivity index (χ2n) is 4.86. The largest absolute Gasteiger partial charge is 0.457 e. The Kier molecular flexibility index (Phi) is 4.52. The van der Waals surface area contributed by atoms with E-state index in [1.807, 2.05) is 36.4 Å². The summed E-state index contributed by atoms with van der Waals surface area (Å²) in [6, 6.07) is 20.4. The van der Waals surface area contributed by atoms with Crippen LogP contribution < -0.4 is 0 Å². The first-order valence-electron chi connectivity index (χ1n) is 6.90. The highest BCUT2D eigenvalue weighted by molar-refractivity contribution is 6.33. The molecule has 0 saturated heterocycles. The van der Waals surface area contributed by atoms with Gasteiger partial charge in [-0.3, -0.25) is 0 Å². The fourth-order valence-corrected chi connectivity index (χ4v) is 2.54. The van der Waals surface area contributed by atoms with Crippen molar-refractivity contribution in [3.8, 4) is 17.4 Å². The van der Waals surface area contributed by atoms with Crippen LogP contribution >= 0.6 is 23.2 Å². The molecular formula is C19H11Cl2NO. The van der Waals surface area contributed by atoms with Gasteiger partial charge in [0.15, 0.2) is 0 Å². The summed E-state index contributed by atoms with van der Waals surface area (Å²) in [5.74, 6) is 1.25. The van der Waals surface area contributed by atoms with Crippen molar-refractivity contribution in [2.24, 2.45) is 0 Å². The van der Waals surface area contributed by atoms with E-state index in [0.717, 1.165) is 11.1 Å². The molecule has 0 bridgehead atoms. The minimum absolute atomic E-state index is 0.502. The Labute approximate surface area is 144 Å². The smallest absolute Gasteiger partial charge is 0.136 e. The molecule has 2 nitrogen and oxygen atoms in total. The van der Waals surface area contributed by atoms with Gasteiger partial charge in [0, 0.05) is 10.6 Å². The lowest BCUT2D eigenvalue weighted by atomic mass is 10.1. The third-order valence-corrected chi connectivity index (χ3v) is 3.91. The molecular weight excluding hydrogens is 329 g/mol. The van der Waals surface area contributed by atoms with Crippen LogP contribution in [-0.4, -0.2) is 0 Å². The Morgan fingerprint density at radius 1 is 0.957 bits per heavy atom. The predicted molar refractivity (Wildman–Crippen MR) is 94.1 cm³/mol. The summed E-state index contributed by atoms with van der Waals surface area (Å²) in [6.45, 7) is 0. The van der Waals surface area contributed by atoms with Crippen LogP contribution in [0.25, 0.3) is 23.0 Å². The van der Waals surface area contributed by atoms with Crippen molar-refractivity contribution in [3.05, 3.63) is 82.0 Å². The molecule has 0 atom stereocenters. The number of hydrogen-bond acceptors (Lipinski definition) is 2. The molecule has 3 aromatic rings. The van der Waals surface area contributed by atoms with Gasteiger partial charge >= 0.3 is 0 Å². The molecule has 0 N–H and O–H groups in total. The van der Waals surface area contributed by atoms with Gasteiger partial charge in [-0.25, -0.2) is 0 Å². The third-order valence-electron chi connectivity index (χ3n) is 3.33. The normalized spacial score (nSPS) is 11.3. The van der Waals surface area contributed by atoms with Gasteiger partial charge < -0.3 is 4.42 Å². The summed E-state index contributed by atoms with van der Waals surface area (Å²) < 4.78 is 5.79. The number of furan rings is 1. The van der Waals surface area contributed by atoms with Crippen LogP contribution in [-0.2, 0) is 0 Å². The fourth-order valence-electron chi connectivity index (χ4n) is 2.19. The van der Waals surface area contributed by atoms with E-state index in [9.17, 15) is 5.26 Å². The van der Waals surface area contributed by atoms with Crippen molar-refractivity contribution in [2.45, 2.75) is 0 Å². The van der Waals surface area contributed by atoms with Crippen molar-refractivity contribution in [1.29, 1.82) is 5.26 Å². The van der Waals surface area contributed by atoms with Gasteiger partial charge in [0.05, 0.1) is 16.7 Å². The minimum Gasteiger partial charge on any atom is -0.457 e. The Morgan fingerprint density at radius 3 is 2.39 bits per heavy atom. The van der Waals surface area contributed by atoms with Gasteiger partial charge in [-0.15, -0.1) is 0 Å². The van der Waals surface area contributed by atoms with Crippen molar-refractivity contribution in [1.82, 2.24) is 0 Å². The molecule has 0 aliphatic carbocycles. The van der Waals surface area contributed by atoms with Crippen molar-refractivity contribution >= 4 is 34.9 Å². The summed E-state index contributed by atoms with van der Waals surface area (Å²) in [6.07, 6.45) is 1.70. The molecule has 0 aliphatic rings. The van der Waals surface area contributed by atoms with Crippen molar-refractivity contribution < 1.29 is 4.42 Å². The first-order valence-corrected chi connectivity index (χ1v) is 7.65. The highest BCUT2D eigenvalue weighted by atomic mass is 35.5. The highest BCUT2D eigenvalue weighted by Crippen LogP contribution is 2.30. The molecule has 1 aromatic heterocycles. The van der Waals surface area contributed by atoms with Gasteiger partial charge in [-0.2, -0.15) is 5.26 Å². The summed E-state index contributed by atoms with van der Waals surface area (Å²) in [5, 5.41) is 10.6. The maximum atomic E-state index is 9.36. The molecule has 4 heteroatoms. The molecule has 0 aliphatic heterocycles. The van der Waals surface area contributed by atoms with Gasteiger partial charge in [0.25, 0.3) is 0 Å². The number of halogens is 2. The van der Waals surface area contributed by atoms with Crippen LogP contribution in [0.15, 0.2) is 65.1 Å². The van der Waals surface area contributed by atoms with E-state index in [0.29, 0.717) is 27.1 Å². The highest BCUT2D eigenvalue weighted by Gasteiger charge is 2.08. The number of allylic oxidation sites excluding steroid dienone is 1. The summed E-state index contributed by atoms with van der Waals surface area (Å²) >= 11 is 12.0. The van der Waals surface area contributed by atoms with Crippen LogP contribution in [0.1, 0.15) is 11.3 Å². The lowest BCUT2D eigenvalue weighted by Crippen LogP contribution is -1.80. The van der Waals surface area contributed by atoms with E-state index < -0.39 is 0 Å². The minimum atomic E-state index is 0.502. The molecule has 2 aromatic carbocycles. The topological polar surface area (TPSA) is 36.9 Å². The summed E-state index contributed by atoms with van der Waals surface area (Å²) in [7, 11) is 0. The lowest BCUT2D eigenvalue weighted by molar-refractivity contribution is 0.572. The average Bonchev–Trinajstić information content (AvgIpc) is 3.02. The lowest BCUT2D eigenvalue weighted by Gasteiger charge is -2.00. The summed E-state index contributed by atoms with van der Waals surface area (Å²) in [5.41, 5.74) is 2.10. The van der Waals surface area contributed by atoms with Crippen LogP contribution in [0, 0.1) is 11.3 Å². The standard InChI is InChI=1S/C19H11Cl2NO/c20-15-7-5-13(6-8-15)14(12-22)11-16-9-10-19(23-16)17-3-1-2-4-18(17)21/h1-11H/b14-11-. The molecule has 0 saturated carbocycles. The van der Waals surface area contributed by atoms with Crippen LogP contribution in [0.5, 0.6) is 0 Å². The fraction of sp³-hybridized carbons (Fsp3) is 0. The predicted octanol–water partition coefficient (Wildman–Crippen LogP) is 6.32. The molecule has 0 spiro atoms. The maximum Gasteiger partial charge on any atom is 0.136 e. The number of nitriles is 1. The molecule has 0 fully saturated rings. The van der Waals surface area contributed by atoms with Gasteiger partial charge in [0.2, 0.25) is 0 Å². The first-order chi connectivity index (χ1) is 11.2. The Hall–Kier alpha value is -2.47. The van der Waals surface area contributed by atoms with Crippen molar-refractivity contribution in [2.75, 3.05) is 0 Å². The quantitative estimate of drug-likeness (QED) is 0.523.